The molecule has 0 radical (unpaired) electrons. The van der Waals surface area contributed by atoms with Gasteiger partial charge in [-0.2, -0.15) is 0 Å². The molecule has 0 aromatic rings. The van der Waals surface area contributed by atoms with Crippen molar-refractivity contribution in [3.63, 3.8) is 0 Å². The van der Waals surface area contributed by atoms with Crippen LogP contribution in [0.2, 0.25) is 0 Å². The summed E-state index contributed by atoms with van der Waals surface area (Å²) in [5.74, 6) is 0.905. The van der Waals surface area contributed by atoms with Crippen LogP contribution in [0.15, 0.2) is 0 Å². The molecule has 1 aliphatic rings. The fourth-order valence-corrected chi connectivity index (χ4v) is 2.22. The molecule has 2 nitrogen and oxygen atoms in total. The van der Waals surface area contributed by atoms with Gasteiger partial charge in [0.2, 0.25) is 0 Å². The molecule has 0 amide bonds. The van der Waals surface area contributed by atoms with Gasteiger partial charge < -0.3 is 10.1 Å². The summed E-state index contributed by atoms with van der Waals surface area (Å²) in [6, 6.07) is 0.727. The lowest BCUT2D eigenvalue weighted by Gasteiger charge is -2.27. The summed E-state index contributed by atoms with van der Waals surface area (Å²) in [6.07, 6.45) is 4.05. The average molecular weight is 199 g/mol. The maximum absolute atomic E-state index is 5.65. The highest BCUT2D eigenvalue weighted by Crippen LogP contribution is 2.24. The first kappa shape index (κ1) is 12.0. The van der Waals surface area contributed by atoms with E-state index >= 15 is 0 Å². The number of ether oxygens (including phenoxy) is 1. The van der Waals surface area contributed by atoms with Gasteiger partial charge in [-0.25, -0.2) is 0 Å². The Labute approximate surface area is 88.4 Å². The molecular formula is C12H25NO. The van der Waals surface area contributed by atoms with Crippen LogP contribution in [0.5, 0.6) is 0 Å². The van der Waals surface area contributed by atoms with E-state index in [1.807, 2.05) is 0 Å². The van der Waals surface area contributed by atoms with Gasteiger partial charge in [-0.15, -0.1) is 0 Å². The number of hydrogen-bond acceptors (Lipinski definition) is 2. The van der Waals surface area contributed by atoms with Crippen LogP contribution in [0.4, 0.5) is 0 Å². The topological polar surface area (TPSA) is 21.3 Å². The Morgan fingerprint density at radius 1 is 1.36 bits per heavy atom. The first-order valence-electron chi connectivity index (χ1n) is 5.91. The highest BCUT2D eigenvalue weighted by molar-refractivity contribution is 4.81. The zero-order valence-corrected chi connectivity index (χ0v) is 10.1. The normalized spacial score (nSPS) is 28.3. The summed E-state index contributed by atoms with van der Waals surface area (Å²) >= 11 is 0. The molecule has 1 aliphatic carbocycles. The predicted octanol–water partition coefficient (Wildman–Crippen LogP) is 2.58. The van der Waals surface area contributed by atoms with E-state index in [0.717, 1.165) is 25.1 Å². The highest BCUT2D eigenvalue weighted by Gasteiger charge is 2.24. The first-order valence-corrected chi connectivity index (χ1v) is 5.91. The molecule has 2 atom stereocenters. The van der Waals surface area contributed by atoms with Crippen molar-refractivity contribution in [2.75, 3.05) is 13.2 Å². The molecule has 1 saturated carbocycles. The molecule has 0 aliphatic heterocycles. The zero-order valence-electron chi connectivity index (χ0n) is 10.1. The van der Waals surface area contributed by atoms with E-state index in [1.54, 1.807) is 0 Å². The zero-order chi connectivity index (χ0) is 10.6. The molecule has 2 heteroatoms. The van der Waals surface area contributed by atoms with Crippen LogP contribution in [-0.4, -0.2) is 24.8 Å². The molecule has 84 valence electrons. The van der Waals surface area contributed by atoms with Crippen LogP contribution < -0.4 is 5.32 Å². The van der Waals surface area contributed by atoms with Crippen molar-refractivity contribution in [3.05, 3.63) is 0 Å². The summed E-state index contributed by atoms with van der Waals surface area (Å²) in [4.78, 5) is 0. The van der Waals surface area contributed by atoms with Crippen LogP contribution in [0.3, 0.4) is 0 Å². The lowest BCUT2D eigenvalue weighted by Crippen LogP contribution is -2.41. The van der Waals surface area contributed by atoms with E-state index in [1.165, 1.54) is 19.3 Å². The molecule has 0 aromatic heterocycles. The predicted molar refractivity (Wildman–Crippen MR) is 60.5 cm³/mol. The Balaban J connectivity index is 2.19. The van der Waals surface area contributed by atoms with E-state index in [-0.39, 0.29) is 5.60 Å². The third kappa shape index (κ3) is 3.97. The van der Waals surface area contributed by atoms with Crippen LogP contribution in [0.25, 0.3) is 0 Å². The molecule has 1 N–H and O–H groups in total. The van der Waals surface area contributed by atoms with Crippen LogP contribution in [-0.2, 0) is 4.74 Å². The molecule has 1 fully saturated rings. The second kappa shape index (κ2) is 5.13. The molecule has 0 bridgehead atoms. The van der Waals surface area contributed by atoms with Gasteiger partial charge in [0.25, 0.3) is 0 Å². The second-order valence-electron chi connectivity index (χ2n) is 5.19. The molecule has 2 unspecified atom stereocenters. The lowest BCUT2D eigenvalue weighted by atomic mass is 10.1. The van der Waals surface area contributed by atoms with Crippen LogP contribution in [0, 0.1) is 5.92 Å². The van der Waals surface area contributed by atoms with E-state index in [9.17, 15) is 0 Å². The Kier molecular flexibility index (Phi) is 4.39. The summed E-state index contributed by atoms with van der Waals surface area (Å²) < 4.78 is 5.65. The quantitative estimate of drug-likeness (QED) is 0.735. The monoisotopic (exact) mass is 199 g/mol. The fourth-order valence-electron chi connectivity index (χ4n) is 2.22. The number of nitrogens with one attached hydrogen (secondary N) is 1. The Morgan fingerprint density at radius 2 is 2.07 bits per heavy atom. The Hall–Kier alpha value is -0.0800. The van der Waals surface area contributed by atoms with Gasteiger partial charge in [-0.05, 0) is 46.0 Å². The van der Waals surface area contributed by atoms with Crippen LogP contribution >= 0.6 is 0 Å². The number of hydrogen-bond donors (Lipinski definition) is 1. The van der Waals surface area contributed by atoms with Gasteiger partial charge in [0.1, 0.15) is 0 Å². The van der Waals surface area contributed by atoms with Crippen molar-refractivity contribution >= 4 is 0 Å². The third-order valence-corrected chi connectivity index (χ3v) is 3.05. The van der Waals surface area contributed by atoms with Gasteiger partial charge in [0, 0.05) is 19.2 Å². The van der Waals surface area contributed by atoms with Gasteiger partial charge in [0.15, 0.2) is 0 Å². The van der Waals surface area contributed by atoms with E-state index < -0.39 is 0 Å². The van der Waals surface area contributed by atoms with Gasteiger partial charge in [-0.1, -0.05) is 6.92 Å². The molecule has 1 rings (SSSR count). The van der Waals surface area contributed by atoms with Crippen molar-refractivity contribution in [2.45, 2.75) is 58.6 Å². The van der Waals surface area contributed by atoms with Gasteiger partial charge in [-0.3, -0.25) is 0 Å². The fraction of sp³-hybridized carbons (Fsp3) is 1.00. The lowest BCUT2D eigenvalue weighted by molar-refractivity contribution is -0.0105. The minimum atomic E-state index is -0.0133. The summed E-state index contributed by atoms with van der Waals surface area (Å²) in [5.41, 5.74) is -0.0133. The van der Waals surface area contributed by atoms with Crippen molar-refractivity contribution in [1.29, 1.82) is 0 Å². The minimum absolute atomic E-state index is 0.0133. The highest BCUT2D eigenvalue weighted by atomic mass is 16.5. The van der Waals surface area contributed by atoms with E-state index in [4.69, 9.17) is 4.74 Å². The van der Waals surface area contributed by atoms with E-state index in [0.29, 0.717) is 0 Å². The molecular weight excluding hydrogens is 174 g/mol. The van der Waals surface area contributed by atoms with Crippen LogP contribution in [0.1, 0.15) is 47.0 Å². The molecule has 0 aromatic carbocycles. The minimum Gasteiger partial charge on any atom is -0.375 e. The molecule has 0 spiro atoms. The van der Waals surface area contributed by atoms with Gasteiger partial charge in [0.05, 0.1) is 5.60 Å². The van der Waals surface area contributed by atoms with Gasteiger partial charge >= 0.3 is 0 Å². The molecule has 0 saturated heterocycles. The smallest absolute Gasteiger partial charge is 0.0750 e. The van der Waals surface area contributed by atoms with Crippen molar-refractivity contribution in [3.8, 4) is 0 Å². The largest absolute Gasteiger partial charge is 0.375 e. The maximum Gasteiger partial charge on any atom is 0.0750 e. The third-order valence-electron chi connectivity index (χ3n) is 3.05. The molecule has 0 heterocycles. The summed E-state index contributed by atoms with van der Waals surface area (Å²) in [5, 5.41) is 3.61. The van der Waals surface area contributed by atoms with E-state index in [2.05, 4.69) is 33.0 Å². The summed E-state index contributed by atoms with van der Waals surface area (Å²) in [6.45, 7) is 10.5. The first-order chi connectivity index (χ1) is 6.53. The van der Waals surface area contributed by atoms with Crippen molar-refractivity contribution in [2.24, 2.45) is 5.92 Å². The SMILES string of the molecule is CCOC(C)(C)CNC1CCC(C)C1. The molecule has 14 heavy (non-hydrogen) atoms. The summed E-state index contributed by atoms with van der Waals surface area (Å²) in [7, 11) is 0. The number of rotatable bonds is 5. The van der Waals surface area contributed by atoms with Crippen molar-refractivity contribution < 1.29 is 4.74 Å². The Morgan fingerprint density at radius 3 is 2.57 bits per heavy atom. The maximum atomic E-state index is 5.65. The standard InChI is InChI=1S/C12H25NO/c1-5-14-12(3,4)9-13-11-7-6-10(2)8-11/h10-11,13H,5-9H2,1-4H3. The second-order valence-corrected chi connectivity index (χ2v) is 5.19. The Bertz CT molecular complexity index is 168. The average Bonchev–Trinajstić information content (AvgIpc) is 2.48. The van der Waals surface area contributed by atoms with Crippen molar-refractivity contribution in [1.82, 2.24) is 5.32 Å².